The largest absolute Gasteiger partial charge is 0.342 e. The summed E-state index contributed by atoms with van der Waals surface area (Å²) in [4.78, 5) is 24.2. The van der Waals surface area contributed by atoms with E-state index in [2.05, 4.69) is 32.1 Å². The Bertz CT molecular complexity index is 574. The van der Waals surface area contributed by atoms with E-state index in [1.165, 1.54) is 17.8 Å². The second-order valence-electron chi connectivity index (χ2n) is 7.82. The normalized spacial score (nSPS) is 30.0. The van der Waals surface area contributed by atoms with Crippen LogP contribution in [0.5, 0.6) is 0 Å². The molecule has 0 unspecified atom stereocenters. The molecule has 24 heavy (non-hydrogen) atoms. The number of carbonyl (C=O) groups is 1. The maximum absolute atomic E-state index is 12.5. The molecule has 4 rings (SSSR count). The zero-order chi connectivity index (χ0) is 16.6. The summed E-state index contributed by atoms with van der Waals surface area (Å²) in [5.41, 5.74) is 0.156. The number of amides is 1. The first-order valence-electron chi connectivity index (χ1n) is 9.24. The third kappa shape index (κ3) is 3.51. The van der Waals surface area contributed by atoms with E-state index < -0.39 is 0 Å². The fourth-order valence-electron chi connectivity index (χ4n) is 4.24. The molecular formula is C18H28N4OS. The highest BCUT2D eigenvalue weighted by Gasteiger charge is 2.42. The summed E-state index contributed by atoms with van der Waals surface area (Å²) < 4.78 is 0. The van der Waals surface area contributed by atoms with Gasteiger partial charge in [-0.25, -0.2) is 4.98 Å². The first-order chi connectivity index (χ1) is 11.6. The van der Waals surface area contributed by atoms with Crippen LogP contribution < -0.4 is 0 Å². The van der Waals surface area contributed by atoms with Crippen LogP contribution in [0.1, 0.15) is 37.1 Å². The van der Waals surface area contributed by atoms with Gasteiger partial charge >= 0.3 is 0 Å². The van der Waals surface area contributed by atoms with E-state index in [9.17, 15) is 4.79 Å². The highest BCUT2D eigenvalue weighted by molar-refractivity contribution is 7.09. The summed E-state index contributed by atoms with van der Waals surface area (Å²) >= 11 is 1.74. The molecule has 6 heteroatoms. The van der Waals surface area contributed by atoms with Gasteiger partial charge in [0.05, 0.1) is 6.54 Å². The highest BCUT2D eigenvalue weighted by Crippen LogP contribution is 2.35. The lowest BCUT2D eigenvalue weighted by Gasteiger charge is -2.49. The maximum Gasteiger partial charge on any atom is 0.222 e. The number of aromatic nitrogens is 1. The number of hydrogen-bond acceptors (Lipinski definition) is 5. The Morgan fingerprint density at radius 1 is 1.29 bits per heavy atom. The van der Waals surface area contributed by atoms with Crippen molar-refractivity contribution in [2.45, 2.75) is 44.2 Å². The summed E-state index contributed by atoms with van der Waals surface area (Å²) in [7, 11) is 2.25. The van der Waals surface area contributed by atoms with Crippen LogP contribution in [-0.2, 0) is 11.3 Å². The zero-order valence-electron chi connectivity index (χ0n) is 14.6. The van der Waals surface area contributed by atoms with Gasteiger partial charge < -0.3 is 4.90 Å². The Hall–Kier alpha value is -0.980. The van der Waals surface area contributed by atoms with Crippen molar-refractivity contribution in [1.29, 1.82) is 0 Å². The molecule has 1 aliphatic carbocycles. The van der Waals surface area contributed by atoms with Gasteiger partial charge in [0.1, 0.15) is 5.01 Å². The van der Waals surface area contributed by atoms with Crippen LogP contribution in [0, 0.1) is 5.92 Å². The van der Waals surface area contributed by atoms with Gasteiger partial charge in [0, 0.05) is 56.3 Å². The zero-order valence-corrected chi connectivity index (χ0v) is 15.4. The van der Waals surface area contributed by atoms with Crippen molar-refractivity contribution in [3.05, 3.63) is 16.6 Å². The summed E-state index contributed by atoms with van der Waals surface area (Å²) in [6, 6.07) is 0. The first-order valence-corrected chi connectivity index (χ1v) is 10.1. The fourth-order valence-corrected chi connectivity index (χ4v) is 4.90. The standard InChI is InChI=1S/C18H28N4OS/c1-20-9-10-21(13-16-19-7-11-24-16)14-18(20)5-4-17(23)22(8-6-18)12-15-2-3-15/h7,11,15H,2-6,8-10,12-14H2,1H3/t18-/m0/s1. The monoisotopic (exact) mass is 348 g/mol. The molecule has 3 heterocycles. The minimum absolute atomic E-state index is 0.156. The van der Waals surface area contributed by atoms with Crippen molar-refractivity contribution >= 4 is 17.2 Å². The van der Waals surface area contributed by atoms with Crippen molar-refractivity contribution in [3.63, 3.8) is 0 Å². The van der Waals surface area contributed by atoms with Crippen molar-refractivity contribution in [3.8, 4) is 0 Å². The van der Waals surface area contributed by atoms with E-state index in [-0.39, 0.29) is 5.54 Å². The van der Waals surface area contributed by atoms with Crippen molar-refractivity contribution < 1.29 is 4.79 Å². The van der Waals surface area contributed by atoms with Crippen molar-refractivity contribution in [2.24, 2.45) is 5.92 Å². The number of piperazine rings is 1. The van der Waals surface area contributed by atoms with Gasteiger partial charge in [0.25, 0.3) is 0 Å². The first kappa shape index (κ1) is 16.5. The van der Waals surface area contributed by atoms with Crippen LogP contribution in [0.15, 0.2) is 11.6 Å². The molecule has 132 valence electrons. The predicted molar refractivity (Wildman–Crippen MR) is 95.9 cm³/mol. The lowest BCUT2D eigenvalue weighted by Crippen LogP contribution is -2.60. The van der Waals surface area contributed by atoms with Crippen LogP contribution in [0.2, 0.25) is 0 Å². The van der Waals surface area contributed by atoms with Gasteiger partial charge in [-0.1, -0.05) is 0 Å². The van der Waals surface area contributed by atoms with E-state index in [1.807, 2.05) is 6.20 Å². The Balaban J connectivity index is 1.44. The quantitative estimate of drug-likeness (QED) is 0.835. The molecule has 1 amide bonds. The summed E-state index contributed by atoms with van der Waals surface area (Å²) in [5, 5.41) is 3.26. The van der Waals surface area contributed by atoms with E-state index in [4.69, 9.17) is 0 Å². The average Bonchev–Trinajstić information content (AvgIpc) is 3.28. The predicted octanol–water partition coefficient (Wildman–Crippen LogP) is 2.05. The van der Waals surface area contributed by atoms with E-state index in [0.29, 0.717) is 12.3 Å². The number of thiazole rings is 1. The van der Waals surface area contributed by atoms with Crippen LogP contribution >= 0.6 is 11.3 Å². The molecule has 0 bridgehead atoms. The van der Waals surface area contributed by atoms with Crippen molar-refractivity contribution in [1.82, 2.24) is 19.7 Å². The highest BCUT2D eigenvalue weighted by atomic mass is 32.1. The van der Waals surface area contributed by atoms with Gasteiger partial charge in [-0.2, -0.15) is 0 Å². The van der Waals surface area contributed by atoms with Crippen LogP contribution in [-0.4, -0.2) is 70.9 Å². The number of hydrogen-bond donors (Lipinski definition) is 0. The molecule has 1 aromatic rings. The molecule has 2 saturated heterocycles. The molecule has 1 atom stereocenters. The molecule has 3 fully saturated rings. The topological polar surface area (TPSA) is 39.7 Å². The van der Waals surface area contributed by atoms with Crippen LogP contribution in [0.4, 0.5) is 0 Å². The molecule has 0 radical (unpaired) electrons. The van der Waals surface area contributed by atoms with Crippen LogP contribution in [0.25, 0.3) is 0 Å². The smallest absolute Gasteiger partial charge is 0.222 e. The Morgan fingerprint density at radius 3 is 2.92 bits per heavy atom. The Kier molecular flexibility index (Phi) is 4.62. The molecule has 0 N–H and O–H groups in total. The molecular weight excluding hydrogens is 320 g/mol. The van der Waals surface area contributed by atoms with Crippen LogP contribution in [0.3, 0.4) is 0 Å². The number of carbonyl (C=O) groups excluding carboxylic acids is 1. The molecule has 3 aliphatic rings. The molecule has 1 saturated carbocycles. The number of likely N-dealkylation sites (N-methyl/N-ethyl adjacent to an activating group) is 1. The maximum atomic E-state index is 12.5. The molecule has 5 nitrogen and oxygen atoms in total. The van der Waals surface area contributed by atoms with Gasteiger partial charge in [-0.15, -0.1) is 11.3 Å². The number of nitrogens with zero attached hydrogens (tertiary/aromatic N) is 4. The van der Waals surface area contributed by atoms with Gasteiger partial charge in [-0.05, 0) is 38.6 Å². The lowest BCUT2D eigenvalue weighted by atomic mass is 9.86. The molecule has 2 aliphatic heterocycles. The molecule has 1 spiro atoms. The summed E-state index contributed by atoms with van der Waals surface area (Å²) in [6.07, 6.45) is 7.34. The lowest BCUT2D eigenvalue weighted by molar-refractivity contribution is -0.131. The van der Waals surface area contributed by atoms with Crippen molar-refractivity contribution in [2.75, 3.05) is 39.8 Å². The summed E-state index contributed by atoms with van der Waals surface area (Å²) in [5.74, 6) is 1.16. The van der Waals surface area contributed by atoms with Gasteiger partial charge in [-0.3, -0.25) is 14.6 Å². The van der Waals surface area contributed by atoms with E-state index >= 15 is 0 Å². The fraction of sp³-hybridized carbons (Fsp3) is 0.778. The molecule has 0 aromatic carbocycles. The second-order valence-corrected chi connectivity index (χ2v) is 8.79. The third-order valence-corrected chi connectivity index (χ3v) is 6.87. The minimum atomic E-state index is 0.156. The van der Waals surface area contributed by atoms with Gasteiger partial charge in [0.15, 0.2) is 0 Å². The number of likely N-dealkylation sites (tertiary alicyclic amines) is 1. The minimum Gasteiger partial charge on any atom is -0.342 e. The third-order valence-electron chi connectivity index (χ3n) is 6.10. The SMILES string of the molecule is CN1CCN(Cc2nccs2)C[C@@]12CCC(=O)N(CC1CC1)CC2. The van der Waals surface area contributed by atoms with E-state index in [0.717, 1.165) is 58.0 Å². The van der Waals surface area contributed by atoms with E-state index in [1.54, 1.807) is 11.3 Å². The Labute approximate surface area is 148 Å². The molecule has 1 aromatic heterocycles. The van der Waals surface area contributed by atoms with Gasteiger partial charge in [0.2, 0.25) is 5.91 Å². The summed E-state index contributed by atoms with van der Waals surface area (Å²) in [6.45, 7) is 6.13. The average molecular weight is 349 g/mol. The Morgan fingerprint density at radius 2 is 2.17 bits per heavy atom. The number of rotatable bonds is 4. The second kappa shape index (κ2) is 6.73.